The summed E-state index contributed by atoms with van der Waals surface area (Å²) in [5.41, 5.74) is 1.64. The van der Waals surface area contributed by atoms with Gasteiger partial charge in [0.05, 0.1) is 25.2 Å². The average molecular weight is 508 g/mol. The fourth-order valence-corrected chi connectivity index (χ4v) is 4.30. The third-order valence-corrected chi connectivity index (χ3v) is 6.32. The number of nitro groups is 1. The van der Waals surface area contributed by atoms with Crippen LogP contribution in [0.1, 0.15) is 15.9 Å². The van der Waals surface area contributed by atoms with Crippen molar-refractivity contribution in [3.05, 3.63) is 99.2 Å². The average Bonchev–Trinajstić information content (AvgIpc) is 3.43. The van der Waals surface area contributed by atoms with Crippen molar-refractivity contribution in [2.24, 2.45) is 0 Å². The molecule has 36 heavy (non-hydrogen) atoms. The number of nitrogens with zero attached hydrogens (tertiary/aromatic N) is 1. The van der Waals surface area contributed by atoms with E-state index in [1.54, 1.807) is 62.1 Å². The third kappa shape index (κ3) is 5.44. The van der Waals surface area contributed by atoms with E-state index in [0.29, 0.717) is 28.5 Å². The maximum Gasteiger partial charge on any atom is 0.295 e. The summed E-state index contributed by atoms with van der Waals surface area (Å²) in [6, 6.07) is 17.9. The number of carbonyl (C=O) groups excluding carboxylic acids is 1. The van der Waals surface area contributed by atoms with Gasteiger partial charge in [-0.2, -0.15) is 0 Å². The molecular formula is C26H22FN3O5S. The van der Waals surface area contributed by atoms with E-state index < -0.39 is 22.3 Å². The van der Waals surface area contributed by atoms with Crippen LogP contribution in [-0.2, 0) is 6.54 Å². The Bertz CT molecular complexity index is 1390. The summed E-state index contributed by atoms with van der Waals surface area (Å²) < 4.78 is 25.0. The molecule has 0 spiro atoms. The first-order valence-corrected chi connectivity index (χ1v) is 11.7. The Hall–Kier alpha value is -4.44. The molecule has 0 saturated heterocycles. The summed E-state index contributed by atoms with van der Waals surface area (Å²) in [6.07, 6.45) is 0. The molecule has 184 valence electrons. The summed E-state index contributed by atoms with van der Waals surface area (Å²) in [5, 5.41) is 19.1. The van der Waals surface area contributed by atoms with Crippen LogP contribution in [0, 0.1) is 15.9 Å². The molecule has 8 nitrogen and oxygen atoms in total. The highest BCUT2D eigenvalue weighted by Gasteiger charge is 2.22. The van der Waals surface area contributed by atoms with Crippen molar-refractivity contribution in [3.8, 4) is 21.9 Å². The number of nitro benzene ring substituents is 1. The van der Waals surface area contributed by atoms with Crippen LogP contribution in [-0.4, -0.2) is 25.1 Å². The molecule has 3 aromatic carbocycles. The van der Waals surface area contributed by atoms with Gasteiger partial charge in [0.2, 0.25) is 0 Å². The number of thiophene rings is 1. The van der Waals surface area contributed by atoms with Gasteiger partial charge in [0.1, 0.15) is 11.5 Å². The minimum atomic E-state index is -0.728. The monoisotopic (exact) mass is 507 g/mol. The molecule has 0 aliphatic carbocycles. The first kappa shape index (κ1) is 24.7. The molecule has 10 heteroatoms. The summed E-state index contributed by atoms with van der Waals surface area (Å²) in [5.74, 6) is -0.0383. The summed E-state index contributed by atoms with van der Waals surface area (Å²) in [7, 11) is 3.13. The Labute approximate surface area is 210 Å². The van der Waals surface area contributed by atoms with E-state index in [9.17, 15) is 19.3 Å². The number of nitrogens with one attached hydrogen (secondary N) is 2. The molecule has 1 aromatic heterocycles. The zero-order valence-electron chi connectivity index (χ0n) is 19.4. The van der Waals surface area contributed by atoms with Crippen LogP contribution in [0.4, 0.5) is 21.5 Å². The lowest BCUT2D eigenvalue weighted by Crippen LogP contribution is -2.13. The van der Waals surface area contributed by atoms with Gasteiger partial charge in [0.15, 0.2) is 11.5 Å². The second-order valence-electron chi connectivity index (χ2n) is 7.66. The Kier molecular flexibility index (Phi) is 7.45. The zero-order chi connectivity index (χ0) is 25.7. The quantitative estimate of drug-likeness (QED) is 0.202. The zero-order valence-corrected chi connectivity index (χ0v) is 20.2. The van der Waals surface area contributed by atoms with Crippen LogP contribution in [0.3, 0.4) is 0 Å². The lowest BCUT2D eigenvalue weighted by Gasteiger charge is -2.12. The van der Waals surface area contributed by atoms with Crippen LogP contribution in [0.5, 0.6) is 11.5 Å². The molecule has 0 bridgehead atoms. The van der Waals surface area contributed by atoms with Gasteiger partial charge >= 0.3 is 0 Å². The van der Waals surface area contributed by atoms with Gasteiger partial charge in [-0.25, -0.2) is 4.39 Å². The minimum Gasteiger partial charge on any atom is -0.493 e. The Morgan fingerprint density at radius 1 is 1.03 bits per heavy atom. The smallest absolute Gasteiger partial charge is 0.295 e. The Balaban J connectivity index is 1.47. The third-order valence-electron chi connectivity index (χ3n) is 5.41. The molecule has 1 amide bonds. The highest BCUT2D eigenvalue weighted by Crippen LogP contribution is 2.35. The number of ether oxygens (including phenoxy) is 2. The van der Waals surface area contributed by atoms with Gasteiger partial charge in [0, 0.05) is 34.3 Å². The number of benzene rings is 3. The second kappa shape index (κ2) is 10.9. The molecule has 0 radical (unpaired) electrons. The van der Waals surface area contributed by atoms with Crippen LogP contribution < -0.4 is 20.1 Å². The van der Waals surface area contributed by atoms with E-state index in [0.717, 1.165) is 17.3 Å². The Morgan fingerprint density at radius 2 is 1.78 bits per heavy atom. The molecule has 0 saturated carbocycles. The van der Waals surface area contributed by atoms with E-state index in [-0.39, 0.29) is 11.3 Å². The topological polar surface area (TPSA) is 103 Å². The number of carbonyl (C=O) groups is 1. The summed E-state index contributed by atoms with van der Waals surface area (Å²) >= 11 is 1.30. The van der Waals surface area contributed by atoms with Gasteiger partial charge in [-0.15, -0.1) is 11.3 Å². The first-order valence-electron chi connectivity index (χ1n) is 10.8. The molecule has 0 aliphatic heterocycles. The predicted molar refractivity (Wildman–Crippen MR) is 138 cm³/mol. The minimum absolute atomic E-state index is 0.0750. The number of amides is 1. The molecule has 0 atom stereocenters. The molecular weight excluding hydrogens is 485 g/mol. The molecule has 4 aromatic rings. The van der Waals surface area contributed by atoms with Crippen molar-refractivity contribution in [2.45, 2.75) is 6.54 Å². The summed E-state index contributed by atoms with van der Waals surface area (Å²) in [6.45, 7) is 0.491. The fraction of sp³-hybridized carbons (Fsp3) is 0.115. The predicted octanol–water partition coefficient (Wildman–Crippen LogP) is 6.34. The molecule has 0 unspecified atom stereocenters. The van der Waals surface area contributed by atoms with Gasteiger partial charge < -0.3 is 20.1 Å². The number of hydrogen-bond donors (Lipinski definition) is 2. The van der Waals surface area contributed by atoms with Crippen molar-refractivity contribution >= 4 is 34.3 Å². The van der Waals surface area contributed by atoms with Crippen LogP contribution in [0.25, 0.3) is 10.4 Å². The van der Waals surface area contributed by atoms with Crippen LogP contribution in [0.15, 0.2) is 72.1 Å². The number of hydrogen-bond acceptors (Lipinski definition) is 7. The SMILES string of the molecule is COc1ccc(NCc2ccc(C(=O)Nc3cc(-c4cccs4)c(F)cc3[N+](=O)[O-])cc2)cc1OC. The maximum absolute atomic E-state index is 14.5. The second-order valence-corrected chi connectivity index (χ2v) is 8.61. The van der Waals surface area contributed by atoms with Crippen molar-refractivity contribution in [3.63, 3.8) is 0 Å². The maximum atomic E-state index is 14.5. The standard InChI is InChI=1S/C26H22FN3O5S/c1-34-23-10-9-18(12-24(23)35-2)28-15-16-5-7-17(8-6-16)26(31)29-21-13-19(25-4-3-11-36-25)20(27)14-22(21)30(32)33/h3-14,28H,15H2,1-2H3,(H,29,31). The van der Waals surface area contributed by atoms with E-state index in [1.165, 1.54) is 17.4 Å². The van der Waals surface area contributed by atoms with Crippen LogP contribution >= 0.6 is 11.3 Å². The lowest BCUT2D eigenvalue weighted by molar-refractivity contribution is -0.384. The van der Waals surface area contributed by atoms with E-state index in [2.05, 4.69) is 10.6 Å². The number of anilines is 2. The summed E-state index contributed by atoms with van der Waals surface area (Å²) in [4.78, 5) is 24.2. The van der Waals surface area contributed by atoms with Crippen molar-refractivity contribution in [1.29, 1.82) is 0 Å². The first-order chi connectivity index (χ1) is 17.4. The van der Waals surface area contributed by atoms with Gasteiger partial charge in [0.25, 0.3) is 11.6 Å². The van der Waals surface area contributed by atoms with Gasteiger partial charge in [-0.1, -0.05) is 18.2 Å². The fourth-order valence-electron chi connectivity index (χ4n) is 3.55. The van der Waals surface area contributed by atoms with Crippen molar-refractivity contribution in [2.75, 3.05) is 24.9 Å². The van der Waals surface area contributed by atoms with Gasteiger partial charge in [-0.05, 0) is 47.3 Å². The number of halogens is 1. The lowest BCUT2D eigenvalue weighted by atomic mass is 10.1. The van der Waals surface area contributed by atoms with E-state index >= 15 is 0 Å². The van der Waals surface area contributed by atoms with E-state index in [4.69, 9.17) is 9.47 Å². The highest BCUT2D eigenvalue weighted by molar-refractivity contribution is 7.13. The van der Waals surface area contributed by atoms with Crippen LogP contribution in [0.2, 0.25) is 0 Å². The van der Waals surface area contributed by atoms with Crippen molar-refractivity contribution in [1.82, 2.24) is 0 Å². The number of rotatable bonds is 9. The molecule has 4 rings (SSSR count). The molecule has 1 heterocycles. The van der Waals surface area contributed by atoms with Gasteiger partial charge in [-0.3, -0.25) is 14.9 Å². The largest absolute Gasteiger partial charge is 0.493 e. The number of methoxy groups -OCH3 is 2. The molecule has 0 aliphatic rings. The molecule has 0 fully saturated rings. The van der Waals surface area contributed by atoms with Crippen molar-refractivity contribution < 1.29 is 23.6 Å². The highest BCUT2D eigenvalue weighted by atomic mass is 32.1. The normalized spacial score (nSPS) is 10.5. The Morgan fingerprint density at radius 3 is 2.42 bits per heavy atom. The molecule has 2 N–H and O–H groups in total. The van der Waals surface area contributed by atoms with E-state index in [1.807, 2.05) is 12.1 Å².